The Bertz CT molecular complexity index is 735. The predicted molar refractivity (Wildman–Crippen MR) is 76.6 cm³/mol. The van der Waals surface area contributed by atoms with Crippen molar-refractivity contribution < 1.29 is 12.8 Å². The summed E-state index contributed by atoms with van der Waals surface area (Å²) in [6.45, 7) is 0.180. The van der Waals surface area contributed by atoms with Crippen LogP contribution in [0.1, 0.15) is 5.56 Å². The molecule has 0 saturated carbocycles. The van der Waals surface area contributed by atoms with E-state index in [1.807, 2.05) is 0 Å². The average molecular weight is 315 g/mol. The van der Waals surface area contributed by atoms with Crippen LogP contribution in [-0.4, -0.2) is 8.42 Å². The number of halogens is 2. The van der Waals surface area contributed by atoms with Gasteiger partial charge >= 0.3 is 0 Å². The van der Waals surface area contributed by atoms with E-state index in [-0.39, 0.29) is 22.2 Å². The fraction of sp³-hybridized carbons (Fsp3) is 0.0769. The minimum Gasteiger partial charge on any atom is -0.326 e. The Labute approximate surface area is 121 Å². The minimum absolute atomic E-state index is 0.0473. The maximum atomic E-state index is 13.5. The SMILES string of the molecule is NCc1ccc(Cl)c(S(=O)(=O)Nc2ccccc2F)c1. The van der Waals surface area contributed by atoms with E-state index in [1.54, 1.807) is 6.07 Å². The van der Waals surface area contributed by atoms with E-state index in [0.717, 1.165) is 6.07 Å². The molecule has 20 heavy (non-hydrogen) atoms. The first-order valence-corrected chi connectivity index (χ1v) is 7.56. The van der Waals surface area contributed by atoms with Crippen molar-refractivity contribution in [2.45, 2.75) is 11.4 Å². The molecular formula is C13H12ClFN2O2S. The monoisotopic (exact) mass is 314 g/mol. The van der Waals surface area contributed by atoms with Crippen LogP contribution in [-0.2, 0) is 16.6 Å². The molecule has 2 aromatic carbocycles. The van der Waals surface area contributed by atoms with Gasteiger partial charge in [-0.05, 0) is 29.8 Å². The van der Waals surface area contributed by atoms with Gasteiger partial charge in [0, 0.05) is 6.54 Å². The number of anilines is 1. The van der Waals surface area contributed by atoms with Gasteiger partial charge in [0.2, 0.25) is 0 Å². The lowest BCUT2D eigenvalue weighted by Crippen LogP contribution is -2.15. The Morgan fingerprint density at radius 2 is 1.90 bits per heavy atom. The van der Waals surface area contributed by atoms with E-state index in [1.165, 1.54) is 30.3 Å². The molecule has 0 unspecified atom stereocenters. The van der Waals surface area contributed by atoms with E-state index in [0.29, 0.717) is 5.56 Å². The van der Waals surface area contributed by atoms with Crippen molar-refractivity contribution in [3.8, 4) is 0 Å². The van der Waals surface area contributed by atoms with Gasteiger partial charge in [0.25, 0.3) is 10.0 Å². The Morgan fingerprint density at radius 3 is 2.55 bits per heavy atom. The molecule has 0 aliphatic rings. The number of nitrogens with one attached hydrogen (secondary N) is 1. The molecule has 2 aromatic rings. The summed E-state index contributed by atoms with van der Waals surface area (Å²) in [6, 6.07) is 9.92. The highest BCUT2D eigenvalue weighted by Crippen LogP contribution is 2.25. The molecule has 0 saturated heterocycles. The van der Waals surface area contributed by atoms with Crippen molar-refractivity contribution in [2.75, 3.05) is 4.72 Å². The summed E-state index contributed by atoms with van der Waals surface area (Å²) < 4.78 is 40.1. The van der Waals surface area contributed by atoms with Gasteiger partial charge in [-0.2, -0.15) is 0 Å². The summed E-state index contributed by atoms with van der Waals surface area (Å²) in [6.07, 6.45) is 0. The lowest BCUT2D eigenvalue weighted by atomic mass is 10.2. The number of benzene rings is 2. The third-order valence-corrected chi connectivity index (χ3v) is 4.49. The molecule has 4 nitrogen and oxygen atoms in total. The molecule has 0 aliphatic carbocycles. The molecule has 0 atom stereocenters. The highest BCUT2D eigenvalue weighted by Gasteiger charge is 2.19. The molecular weight excluding hydrogens is 303 g/mol. The number of sulfonamides is 1. The Balaban J connectivity index is 2.43. The first-order chi connectivity index (χ1) is 9.44. The van der Waals surface area contributed by atoms with Crippen LogP contribution in [0.5, 0.6) is 0 Å². The van der Waals surface area contributed by atoms with Gasteiger partial charge in [-0.15, -0.1) is 0 Å². The van der Waals surface area contributed by atoms with Gasteiger partial charge in [-0.25, -0.2) is 12.8 Å². The molecule has 0 heterocycles. The second kappa shape index (κ2) is 5.78. The smallest absolute Gasteiger partial charge is 0.263 e. The first kappa shape index (κ1) is 14.8. The number of rotatable bonds is 4. The maximum absolute atomic E-state index is 13.5. The maximum Gasteiger partial charge on any atom is 0.263 e. The van der Waals surface area contributed by atoms with Crippen LogP contribution in [0.25, 0.3) is 0 Å². The van der Waals surface area contributed by atoms with Crippen molar-refractivity contribution in [3.05, 3.63) is 58.9 Å². The summed E-state index contributed by atoms with van der Waals surface area (Å²) in [4.78, 5) is -0.134. The summed E-state index contributed by atoms with van der Waals surface area (Å²) >= 11 is 5.89. The molecule has 0 spiro atoms. The average Bonchev–Trinajstić information content (AvgIpc) is 2.41. The Kier molecular flexibility index (Phi) is 4.27. The second-order valence-corrected chi connectivity index (χ2v) is 6.11. The molecule has 0 radical (unpaired) electrons. The van der Waals surface area contributed by atoms with Gasteiger partial charge in [-0.1, -0.05) is 29.8 Å². The van der Waals surface area contributed by atoms with Crippen LogP contribution in [0.3, 0.4) is 0 Å². The molecule has 0 amide bonds. The summed E-state index contributed by atoms with van der Waals surface area (Å²) in [5, 5.41) is 0.0473. The Hall–Kier alpha value is -1.63. The van der Waals surface area contributed by atoms with E-state index < -0.39 is 15.8 Å². The fourth-order valence-corrected chi connectivity index (χ4v) is 3.24. The number of hydrogen-bond donors (Lipinski definition) is 2. The van der Waals surface area contributed by atoms with Crippen LogP contribution in [0.15, 0.2) is 47.4 Å². The summed E-state index contributed by atoms with van der Waals surface area (Å²) in [7, 11) is -3.98. The van der Waals surface area contributed by atoms with Gasteiger partial charge in [-0.3, -0.25) is 4.72 Å². The van der Waals surface area contributed by atoms with Crippen molar-refractivity contribution in [2.24, 2.45) is 5.73 Å². The second-order valence-electron chi connectivity index (χ2n) is 4.05. The third kappa shape index (κ3) is 3.09. The van der Waals surface area contributed by atoms with Gasteiger partial charge in [0.15, 0.2) is 0 Å². The van der Waals surface area contributed by atoms with Crippen LogP contribution in [0, 0.1) is 5.82 Å². The number of para-hydroxylation sites is 1. The van der Waals surface area contributed by atoms with Crippen molar-refractivity contribution in [1.82, 2.24) is 0 Å². The topological polar surface area (TPSA) is 72.2 Å². The first-order valence-electron chi connectivity index (χ1n) is 5.70. The van der Waals surface area contributed by atoms with Crippen LogP contribution in [0.4, 0.5) is 10.1 Å². The van der Waals surface area contributed by atoms with Gasteiger partial charge < -0.3 is 5.73 Å². The van der Waals surface area contributed by atoms with E-state index in [4.69, 9.17) is 17.3 Å². The lowest BCUT2D eigenvalue weighted by molar-refractivity contribution is 0.598. The zero-order chi connectivity index (χ0) is 14.8. The van der Waals surface area contributed by atoms with Crippen molar-refractivity contribution in [3.63, 3.8) is 0 Å². The number of nitrogens with two attached hydrogens (primary N) is 1. The molecule has 0 aliphatic heterocycles. The molecule has 106 valence electrons. The fourth-order valence-electron chi connectivity index (χ4n) is 1.62. The van der Waals surface area contributed by atoms with Crippen LogP contribution in [0.2, 0.25) is 5.02 Å². The molecule has 3 N–H and O–H groups in total. The highest BCUT2D eigenvalue weighted by molar-refractivity contribution is 7.92. The Morgan fingerprint density at radius 1 is 1.20 bits per heavy atom. The largest absolute Gasteiger partial charge is 0.326 e. The van der Waals surface area contributed by atoms with Crippen molar-refractivity contribution in [1.29, 1.82) is 0 Å². The quantitative estimate of drug-likeness (QED) is 0.911. The molecule has 2 rings (SSSR count). The van der Waals surface area contributed by atoms with Crippen LogP contribution >= 0.6 is 11.6 Å². The van der Waals surface area contributed by atoms with E-state index in [9.17, 15) is 12.8 Å². The zero-order valence-electron chi connectivity index (χ0n) is 10.3. The van der Waals surface area contributed by atoms with E-state index >= 15 is 0 Å². The summed E-state index contributed by atoms with van der Waals surface area (Å²) in [5.41, 5.74) is 5.95. The normalized spacial score (nSPS) is 11.3. The standard InChI is InChI=1S/C13H12ClFN2O2S/c14-10-6-5-9(8-16)7-13(10)20(18,19)17-12-4-2-1-3-11(12)15/h1-7,17H,8,16H2. The van der Waals surface area contributed by atoms with Gasteiger partial charge in [0.1, 0.15) is 10.7 Å². The van der Waals surface area contributed by atoms with Crippen LogP contribution < -0.4 is 10.5 Å². The molecule has 0 aromatic heterocycles. The molecule has 0 bridgehead atoms. The van der Waals surface area contributed by atoms with Gasteiger partial charge in [0.05, 0.1) is 10.7 Å². The summed E-state index contributed by atoms with van der Waals surface area (Å²) in [5.74, 6) is -0.665. The predicted octanol–water partition coefficient (Wildman–Crippen LogP) is 2.74. The minimum atomic E-state index is -3.98. The highest BCUT2D eigenvalue weighted by atomic mass is 35.5. The lowest BCUT2D eigenvalue weighted by Gasteiger charge is -2.11. The van der Waals surface area contributed by atoms with E-state index in [2.05, 4.69) is 4.72 Å². The molecule has 7 heteroatoms. The molecule has 0 fully saturated rings. The van der Waals surface area contributed by atoms with Crippen molar-refractivity contribution >= 4 is 27.3 Å². The third-order valence-electron chi connectivity index (χ3n) is 2.64. The zero-order valence-corrected chi connectivity index (χ0v) is 11.9. The number of hydrogen-bond acceptors (Lipinski definition) is 3.